The van der Waals surface area contributed by atoms with Crippen molar-refractivity contribution < 1.29 is 0 Å². The van der Waals surface area contributed by atoms with Gasteiger partial charge in [-0.2, -0.15) is 0 Å². The Balaban J connectivity index is 1.83. The van der Waals surface area contributed by atoms with Crippen molar-refractivity contribution in [3.05, 3.63) is 35.5 Å². The minimum absolute atomic E-state index is 0.601. The van der Waals surface area contributed by atoms with Gasteiger partial charge in [0.05, 0.1) is 5.69 Å². The van der Waals surface area contributed by atoms with Crippen LogP contribution in [0.4, 0.5) is 5.69 Å². The highest BCUT2D eigenvalue weighted by molar-refractivity contribution is 5.85. The molecule has 0 N–H and O–H groups in total. The van der Waals surface area contributed by atoms with Gasteiger partial charge >= 0.3 is 0 Å². The van der Waals surface area contributed by atoms with E-state index in [0.29, 0.717) is 5.41 Å². The lowest BCUT2D eigenvalue weighted by Crippen LogP contribution is -2.10. The smallest absolute Gasteiger partial charge is 0.0708 e. The summed E-state index contributed by atoms with van der Waals surface area (Å²) in [5.41, 5.74) is 6.22. The molecule has 0 spiro atoms. The van der Waals surface area contributed by atoms with E-state index in [-0.39, 0.29) is 0 Å². The van der Waals surface area contributed by atoms with E-state index in [1.807, 2.05) is 0 Å². The SMILES string of the molecule is CC1(C2CCC3=C2c2ccccc2[N]3)CC1. The van der Waals surface area contributed by atoms with E-state index in [4.69, 9.17) is 5.32 Å². The van der Waals surface area contributed by atoms with E-state index < -0.39 is 0 Å². The molecule has 1 saturated carbocycles. The fourth-order valence-electron chi connectivity index (χ4n) is 3.41. The van der Waals surface area contributed by atoms with Gasteiger partial charge in [-0.1, -0.05) is 25.1 Å². The van der Waals surface area contributed by atoms with Gasteiger partial charge < -0.3 is 0 Å². The summed E-state index contributed by atoms with van der Waals surface area (Å²) < 4.78 is 0. The van der Waals surface area contributed by atoms with Crippen LogP contribution in [0.2, 0.25) is 0 Å². The van der Waals surface area contributed by atoms with Crippen LogP contribution < -0.4 is 5.32 Å². The third kappa shape index (κ3) is 1.01. The number of hydrogen-bond donors (Lipinski definition) is 0. The Morgan fingerprint density at radius 2 is 2.06 bits per heavy atom. The molecule has 16 heavy (non-hydrogen) atoms. The number of benzene rings is 1. The molecule has 2 aliphatic carbocycles. The minimum atomic E-state index is 0.601. The third-order valence-electron chi connectivity index (χ3n) is 4.66. The van der Waals surface area contributed by atoms with Crippen molar-refractivity contribution in [2.45, 2.75) is 32.6 Å². The van der Waals surface area contributed by atoms with Gasteiger partial charge in [-0.3, -0.25) is 5.32 Å². The summed E-state index contributed by atoms with van der Waals surface area (Å²) in [5, 5.41) is 4.78. The van der Waals surface area contributed by atoms with E-state index >= 15 is 0 Å². The van der Waals surface area contributed by atoms with Crippen molar-refractivity contribution in [2.75, 3.05) is 0 Å². The first-order valence-electron chi connectivity index (χ1n) is 6.32. The maximum atomic E-state index is 4.78. The van der Waals surface area contributed by atoms with Gasteiger partial charge in [0.15, 0.2) is 0 Å². The number of rotatable bonds is 1. The number of allylic oxidation sites excluding steroid dienone is 2. The molecule has 0 saturated heterocycles. The van der Waals surface area contributed by atoms with Crippen LogP contribution in [-0.4, -0.2) is 0 Å². The van der Waals surface area contributed by atoms with E-state index in [0.717, 1.165) is 5.92 Å². The fourth-order valence-corrected chi connectivity index (χ4v) is 3.41. The Morgan fingerprint density at radius 1 is 1.25 bits per heavy atom. The lowest BCUT2D eigenvalue weighted by Gasteiger charge is -2.21. The standard InChI is InChI=1S/C15H16N/c1-15(8-9-15)11-6-7-13-14(11)10-4-2-3-5-12(10)16-13/h2-5,11H,6-9H2,1H3. The molecule has 1 aliphatic heterocycles. The molecule has 1 heterocycles. The lowest BCUT2D eigenvalue weighted by molar-refractivity contribution is 0.411. The summed E-state index contributed by atoms with van der Waals surface area (Å²) in [6, 6.07) is 8.65. The Hall–Kier alpha value is -1.24. The van der Waals surface area contributed by atoms with Gasteiger partial charge in [0, 0.05) is 11.3 Å². The van der Waals surface area contributed by atoms with Crippen molar-refractivity contribution in [3.63, 3.8) is 0 Å². The summed E-state index contributed by atoms with van der Waals surface area (Å²) in [6.07, 6.45) is 5.36. The van der Waals surface area contributed by atoms with Crippen LogP contribution in [0, 0.1) is 11.3 Å². The zero-order chi connectivity index (χ0) is 10.8. The lowest BCUT2D eigenvalue weighted by atomic mass is 9.82. The van der Waals surface area contributed by atoms with E-state index in [9.17, 15) is 0 Å². The average Bonchev–Trinajstić information content (AvgIpc) is 2.77. The normalized spacial score (nSPS) is 28.7. The highest BCUT2D eigenvalue weighted by Gasteiger charge is 2.50. The second-order valence-electron chi connectivity index (χ2n) is 5.73. The largest absolute Gasteiger partial charge is 0.253 e. The molecule has 3 aliphatic rings. The Labute approximate surface area is 96.6 Å². The van der Waals surface area contributed by atoms with E-state index in [1.54, 1.807) is 5.57 Å². The van der Waals surface area contributed by atoms with Crippen molar-refractivity contribution >= 4 is 11.3 Å². The second-order valence-corrected chi connectivity index (χ2v) is 5.73. The molecular formula is C15H16N. The molecule has 81 valence electrons. The molecule has 0 amide bonds. The highest BCUT2D eigenvalue weighted by Crippen LogP contribution is 2.62. The number of fused-ring (bicyclic) bond motifs is 2. The summed E-state index contributed by atoms with van der Waals surface area (Å²) in [6.45, 7) is 2.45. The van der Waals surface area contributed by atoms with Crippen LogP contribution in [-0.2, 0) is 0 Å². The van der Waals surface area contributed by atoms with Crippen LogP contribution in [0.15, 0.2) is 30.0 Å². The maximum Gasteiger partial charge on any atom is 0.0708 e. The van der Waals surface area contributed by atoms with Crippen LogP contribution in [0.25, 0.3) is 5.57 Å². The van der Waals surface area contributed by atoms with Crippen molar-refractivity contribution in [1.29, 1.82) is 0 Å². The Kier molecular flexibility index (Phi) is 1.50. The van der Waals surface area contributed by atoms with Gasteiger partial charge in [-0.25, -0.2) is 0 Å². The van der Waals surface area contributed by atoms with Crippen LogP contribution in [0.3, 0.4) is 0 Å². The molecule has 1 radical (unpaired) electrons. The van der Waals surface area contributed by atoms with Crippen LogP contribution in [0.5, 0.6) is 0 Å². The van der Waals surface area contributed by atoms with Crippen molar-refractivity contribution in [1.82, 2.24) is 5.32 Å². The van der Waals surface area contributed by atoms with Gasteiger partial charge in [-0.05, 0) is 48.7 Å². The first-order valence-corrected chi connectivity index (χ1v) is 6.32. The molecular weight excluding hydrogens is 194 g/mol. The summed E-state index contributed by atoms with van der Waals surface area (Å²) in [4.78, 5) is 0. The van der Waals surface area contributed by atoms with Gasteiger partial charge in [-0.15, -0.1) is 0 Å². The Bertz CT molecular complexity index is 494. The van der Waals surface area contributed by atoms with Gasteiger partial charge in [0.1, 0.15) is 0 Å². The summed E-state index contributed by atoms with van der Waals surface area (Å²) in [5.74, 6) is 0.787. The van der Waals surface area contributed by atoms with E-state index in [1.165, 1.54) is 42.6 Å². The van der Waals surface area contributed by atoms with Gasteiger partial charge in [0.25, 0.3) is 0 Å². The minimum Gasteiger partial charge on any atom is -0.253 e. The number of nitrogens with zero attached hydrogens (tertiary/aromatic N) is 1. The molecule has 0 aromatic heterocycles. The zero-order valence-electron chi connectivity index (χ0n) is 9.66. The predicted molar refractivity (Wildman–Crippen MR) is 65.2 cm³/mol. The molecule has 0 bridgehead atoms. The monoisotopic (exact) mass is 210 g/mol. The van der Waals surface area contributed by atoms with Crippen LogP contribution in [0.1, 0.15) is 38.2 Å². The third-order valence-corrected chi connectivity index (χ3v) is 4.66. The average molecular weight is 210 g/mol. The highest BCUT2D eigenvalue weighted by atomic mass is 14.9. The quantitative estimate of drug-likeness (QED) is 0.668. The molecule has 1 unspecified atom stereocenters. The molecule has 4 rings (SSSR count). The first-order chi connectivity index (χ1) is 7.78. The van der Waals surface area contributed by atoms with Gasteiger partial charge in [0.2, 0.25) is 0 Å². The van der Waals surface area contributed by atoms with Crippen molar-refractivity contribution in [3.8, 4) is 0 Å². The molecule has 1 fully saturated rings. The molecule has 1 aromatic rings. The molecule has 1 aromatic carbocycles. The first kappa shape index (κ1) is 8.86. The Morgan fingerprint density at radius 3 is 2.88 bits per heavy atom. The molecule has 1 atom stereocenters. The molecule has 1 nitrogen and oxygen atoms in total. The second kappa shape index (κ2) is 2.71. The zero-order valence-corrected chi connectivity index (χ0v) is 9.66. The van der Waals surface area contributed by atoms with E-state index in [2.05, 4.69) is 31.2 Å². The summed E-state index contributed by atoms with van der Waals surface area (Å²) >= 11 is 0. The topological polar surface area (TPSA) is 14.1 Å². The predicted octanol–water partition coefficient (Wildman–Crippen LogP) is 3.86. The molecule has 1 heteroatoms. The van der Waals surface area contributed by atoms with Crippen LogP contribution >= 0.6 is 0 Å². The maximum absolute atomic E-state index is 4.78. The van der Waals surface area contributed by atoms with Crippen molar-refractivity contribution in [2.24, 2.45) is 11.3 Å². The summed E-state index contributed by atoms with van der Waals surface area (Å²) in [7, 11) is 0. The fraction of sp³-hybridized carbons (Fsp3) is 0.467. The number of hydrogen-bond acceptors (Lipinski definition) is 0. The number of para-hydroxylation sites is 1.